The smallest absolute Gasteiger partial charge is 0.416 e. The van der Waals surface area contributed by atoms with Crippen LogP contribution in [0.15, 0.2) is 30.6 Å². The van der Waals surface area contributed by atoms with Gasteiger partial charge in [-0.2, -0.15) is 18.2 Å². The lowest BCUT2D eigenvalue weighted by Crippen LogP contribution is -2.49. The van der Waals surface area contributed by atoms with Crippen molar-refractivity contribution in [2.45, 2.75) is 46.0 Å². The maximum atomic E-state index is 13.4. The molecule has 1 atom stereocenters. The highest BCUT2D eigenvalue weighted by molar-refractivity contribution is 5.90. The number of fused-ring (bicyclic) bond motifs is 1. The second-order valence-electron chi connectivity index (χ2n) is 9.11. The number of nitrogens with zero attached hydrogens (tertiary/aromatic N) is 5. The van der Waals surface area contributed by atoms with E-state index in [2.05, 4.69) is 43.9 Å². The Morgan fingerprint density at radius 2 is 1.77 bits per heavy atom. The zero-order valence-electron chi connectivity index (χ0n) is 20.6. The topological polar surface area (TPSA) is 66.4 Å². The Morgan fingerprint density at radius 1 is 1.06 bits per heavy atom. The predicted molar refractivity (Wildman–Crippen MR) is 131 cm³/mol. The number of methoxy groups -OCH3 is 1. The number of rotatable bonds is 6. The van der Waals surface area contributed by atoms with Gasteiger partial charge in [0.2, 0.25) is 5.88 Å². The van der Waals surface area contributed by atoms with E-state index in [1.54, 1.807) is 13.2 Å². The highest BCUT2D eigenvalue weighted by Gasteiger charge is 2.33. The van der Waals surface area contributed by atoms with Crippen molar-refractivity contribution >= 4 is 22.5 Å². The van der Waals surface area contributed by atoms with Gasteiger partial charge in [-0.05, 0) is 51.0 Å². The van der Waals surface area contributed by atoms with Gasteiger partial charge in [-0.1, -0.05) is 12.1 Å². The summed E-state index contributed by atoms with van der Waals surface area (Å²) < 4.78 is 45.8. The largest absolute Gasteiger partial charge is 0.479 e. The second kappa shape index (κ2) is 9.85. The summed E-state index contributed by atoms with van der Waals surface area (Å²) in [5.74, 6) is 0.999. The normalized spacial score (nSPS) is 16.1. The Hall–Kier alpha value is -3.14. The lowest BCUT2D eigenvalue weighted by molar-refractivity contribution is -0.138. The third kappa shape index (κ3) is 5.12. The molecule has 7 nitrogen and oxygen atoms in total. The zero-order valence-corrected chi connectivity index (χ0v) is 20.6. The van der Waals surface area contributed by atoms with Crippen LogP contribution in [0.2, 0.25) is 0 Å². The van der Waals surface area contributed by atoms with Gasteiger partial charge in [0, 0.05) is 32.2 Å². The maximum absolute atomic E-state index is 13.4. The van der Waals surface area contributed by atoms with Gasteiger partial charge in [0.15, 0.2) is 5.65 Å². The molecule has 0 radical (unpaired) electrons. The molecule has 0 aliphatic carbocycles. The van der Waals surface area contributed by atoms with E-state index >= 15 is 0 Å². The number of benzene rings is 1. The van der Waals surface area contributed by atoms with E-state index in [1.165, 1.54) is 19.3 Å². The molecule has 2 aromatic heterocycles. The first-order chi connectivity index (χ1) is 16.6. The molecular weight excluding hydrogens is 457 g/mol. The van der Waals surface area contributed by atoms with Crippen LogP contribution in [0.5, 0.6) is 5.88 Å². The number of halogens is 3. The van der Waals surface area contributed by atoms with Gasteiger partial charge in [-0.3, -0.25) is 4.90 Å². The fraction of sp³-hybridized carbons (Fsp3) is 0.480. The standard InChI is InChI=1S/C25H31F3N6O/c1-15(2)33-9-11-34(12-10-33)21-13-19-22(29-14-30-23(19)32-24(21)35-5)31-17(4)18-7-6-8-20(16(18)3)25(26,27)28/h6-8,13-15,17H,9-12H2,1-5H3,(H,29,30,31,32)/t17-/m1/s1. The molecule has 0 saturated carbocycles. The van der Waals surface area contributed by atoms with E-state index in [-0.39, 0.29) is 5.56 Å². The molecular formula is C25H31F3N6O. The van der Waals surface area contributed by atoms with Crippen LogP contribution in [-0.4, -0.2) is 59.2 Å². The molecule has 35 heavy (non-hydrogen) atoms. The fourth-order valence-electron chi connectivity index (χ4n) is 4.64. The second-order valence-corrected chi connectivity index (χ2v) is 9.11. The molecule has 0 spiro atoms. The van der Waals surface area contributed by atoms with E-state index in [9.17, 15) is 13.2 Å². The molecule has 1 N–H and O–H groups in total. The summed E-state index contributed by atoms with van der Waals surface area (Å²) in [5.41, 5.74) is 1.42. The molecule has 1 aromatic carbocycles. The van der Waals surface area contributed by atoms with Gasteiger partial charge >= 0.3 is 6.18 Å². The fourth-order valence-corrected chi connectivity index (χ4v) is 4.64. The Balaban J connectivity index is 1.67. The molecule has 1 aliphatic heterocycles. The molecule has 0 bridgehead atoms. The van der Waals surface area contributed by atoms with Gasteiger partial charge in [0.25, 0.3) is 0 Å². The molecule has 188 valence electrons. The van der Waals surface area contributed by atoms with Crippen molar-refractivity contribution in [3.63, 3.8) is 0 Å². The van der Waals surface area contributed by atoms with Crippen LogP contribution in [0.1, 0.15) is 43.5 Å². The van der Waals surface area contributed by atoms with Crippen LogP contribution in [0.4, 0.5) is 24.7 Å². The van der Waals surface area contributed by atoms with Crippen LogP contribution in [-0.2, 0) is 6.18 Å². The first kappa shape index (κ1) is 25.0. The summed E-state index contributed by atoms with van der Waals surface area (Å²) in [5, 5.41) is 3.97. The molecule has 0 amide bonds. The third-order valence-corrected chi connectivity index (χ3v) is 6.65. The minimum Gasteiger partial charge on any atom is -0.479 e. The highest BCUT2D eigenvalue weighted by Crippen LogP contribution is 2.37. The molecule has 10 heteroatoms. The van der Waals surface area contributed by atoms with Crippen LogP contribution < -0.4 is 15.0 Å². The lowest BCUT2D eigenvalue weighted by atomic mass is 9.97. The molecule has 0 unspecified atom stereocenters. The third-order valence-electron chi connectivity index (χ3n) is 6.65. The first-order valence-corrected chi connectivity index (χ1v) is 11.7. The molecule has 1 aliphatic rings. The van der Waals surface area contributed by atoms with Crippen molar-refractivity contribution in [2.24, 2.45) is 0 Å². The van der Waals surface area contributed by atoms with Gasteiger partial charge in [-0.25, -0.2) is 9.97 Å². The summed E-state index contributed by atoms with van der Waals surface area (Å²) in [4.78, 5) is 18.0. The number of alkyl halides is 3. The summed E-state index contributed by atoms with van der Waals surface area (Å²) in [7, 11) is 1.58. The molecule has 1 fully saturated rings. The van der Waals surface area contributed by atoms with Crippen molar-refractivity contribution in [1.29, 1.82) is 0 Å². The van der Waals surface area contributed by atoms with Crippen LogP contribution in [0.25, 0.3) is 11.0 Å². The van der Waals surface area contributed by atoms with Crippen molar-refractivity contribution in [2.75, 3.05) is 43.5 Å². The molecule has 1 saturated heterocycles. The Labute approximate surface area is 203 Å². The van der Waals surface area contributed by atoms with E-state index in [4.69, 9.17) is 4.74 Å². The number of piperazine rings is 1. The van der Waals surface area contributed by atoms with Gasteiger partial charge < -0.3 is 15.0 Å². The number of aromatic nitrogens is 3. The summed E-state index contributed by atoms with van der Waals surface area (Å²) in [6, 6.07) is 6.26. The number of ether oxygens (including phenoxy) is 1. The Kier molecular flexibility index (Phi) is 7.02. The number of nitrogens with one attached hydrogen (secondary N) is 1. The zero-order chi connectivity index (χ0) is 25.3. The SMILES string of the molecule is COc1nc2ncnc(N[C@H](C)c3cccc(C(F)(F)F)c3C)c2cc1N1CCN(C(C)C)CC1. The van der Waals surface area contributed by atoms with Crippen LogP contribution in [0, 0.1) is 6.92 Å². The monoisotopic (exact) mass is 488 g/mol. The molecule has 3 heterocycles. The average molecular weight is 489 g/mol. The maximum Gasteiger partial charge on any atom is 0.416 e. The predicted octanol–water partition coefficient (Wildman–Crippen LogP) is 5.06. The van der Waals surface area contributed by atoms with Crippen LogP contribution >= 0.6 is 0 Å². The van der Waals surface area contributed by atoms with E-state index in [0.29, 0.717) is 34.3 Å². The van der Waals surface area contributed by atoms with Gasteiger partial charge in [0.05, 0.1) is 24.1 Å². The average Bonchev–Trinajstić information content (AvgIpc) is 2.82. The van der Waals surface area contributed by atoms with E-state index in [0.717, 1.165) is 37.9 Å². The van der Waals surface area contributed by atoms with Crippen LogP contribution in [0.3, 0.4) is 0 Å². The summed E-state index contributed by atoms with van der Waals surface area (Å²) >= 11 is 0. The first-order valence-electron chi connectivity index (χ1n) is 11.7. The van der Waals surface area contributed by atoms with Gasteiger partial charge in [0.1, 0.15) is 17.8 Å². The number of anilines is 2. The lowest BCUT2D eigenvalue weighted by Gasteiger charge is -2.38. The van der Waals surface area contributed by atoms with Crippen molar-refractivity contribution < 1.29 is 17.9 Å². The minimum atomic E-state index is -4.41. The molecule has 4 rings (SSSR count). The summed E-state index contributed by atoms with van der Waals surface area (Å²) in [6.07, 6.45) is -3.01. The number of hydrogen-bond donors (Lipinski definition) is 1. The van der Waals surface area contributed by atoms with E-state index in [1.807, 2.05) is 13.0 Å². The summed E-state index contributed by atoms with van der Waals surface area (Å²) in [6.45, 7) is 11.2. The Morgan fingerprint density at radius 3 is 2.40 bits per heavy atom. The van der Waals surface area contributed by atoms with Crippen molar-refractivity contribution in [3.05, 3.63) is 47.3 Å². The quantitative estimate of drug-likeness (QED) is 0.520. The Bertz CT molecular complexity index is 1190. The minimum absolute atomic E-state index is 0.196. The van der Waals surface area contributed by atoms with Crippen molar-refractivity contribution in [3.8, 4) is 5.88 Å². The van der Waals surface area contributed by atoms with Crippen molar-refractivity contribution in [1.82, 2.24) is 19.9 Å². The molecule has 3 aromatic rings. The number of pyridine rings is 1. The number of hydrogen-bond acceptors (Lipinski definition) is 7. The highest BCUT2D eigenvalue weighted by atomic mass is 19.4. The van der Waals surface area contributed by atoms with E-state index < -0.39 is 17.8 Å². The van der Waals surface area contributed by atoms with Gasteiger partial charge in [-0.15, -0.1) is 0 Å².